The molecule has 2 aromatic carbocycles. The summed E-state index contributed by atoms with van der Waals surface area (Å²) in [5, 5.41) is 21.8. The molecule has 0 fully saturated rings. The number of carbonyl (C=O) groups excluding carboxylic acids is 1. The van der Waals surface area contributed by atoms with Crippen molar-refractivity contribution in [2.75, 3.05) is 25.6 Å². The number of aliphatic hydroxyl groups is 1. The van der Waals surface area contributed by atoms with Crippen molar-refractivity contribution in [2.45, 2.75) is 0 Å². The number of nitrogens with one attached hydrogen (secondary N) is 2. The molecule has 0 aliphatic heterocycles. The van der Waals surface area contributed by atoms with Crippen LogP contribution in [0, 0.1) is 0 Å². The average Bonchev–Trinajstić information content (AvgIpc) is 2.86. The van der Waals surface area contributed by atoms with Gasteiger partial charge in [0.2, 0.25) is 0 Å². The van der Waals surface area contributed by atoms with Crippen LogP contribution in [0.1, 0.15) is 10.4 Å². The van der Waals surface area contributed by atoms with Crippen molar-refractivity contribution in [3.8, 4) is 28.1 Å². The second kappa shape index (κ2) is 12.2. The van der Waals surface area contributed by atoms with Gasteiger partial charge in [0.25, 0.3) is 5.91 Å². The number of methoxy groups -OCH3 is 1. The molecule has 2 aromatic heterocycles. The van der Waals surface area contributed by atoms with Crippen molar-refractivity contribution >= 4 is 47.3 Å². The molecule has 0 saturated heterocycles. The third-order valence-electron chi connectivity index (χ3n) is 5.09. The van der Waals surface area contributed by atoms with Crippen LogP contribution in [0.2, 0.25) is 0 Å². The van der Waals surface area contributed by atoms with E-state index < -0.39 is 5.91 Å². The van der Waals surface area contributed by atoms with Gasteiger partial charge in [-0.2, -0.15) is 0 Å². The maximum atomic E-state index is 12.4. The molecular formula is C24H24Cl2N4O4. The minimum absolute atomic E-state index is 0. The van der Waals surface area contributed by atoms with Crippen molar-refractivity contribution in [3.63, 3.8) is 0 Å². The summed E-state index contributed by atoms with van der Waals surface area (Å²) < 4.78 is 5.54. The van der Waals surface area contributed by atoms with Gasteiger partial charge in [-0.05, 0) is 29.3 Å². The topological polar surface area (TPSA) is 117 Å². The summed E-state index contributed by atoms with van der Waals surface area (Å²) in [5.74, 6) is -0.445. The van der Waals surface area contributed by atoms with Crippen LogP contribution in [0.3, 0.4) is 0 Å². The minimum Gasteiger partial charge on any atom is -0.494 e. The van der Waals surface area contributed by atoms with E-state index in [0.29, 0.717) is 23.1 Å². The Kier molecular flexibility index (Phi) is 9.58. The Bertz CT molecular complexity index is 1250. The van der Waals surface area contributed by atoms with Gasteiger partial charge in [0, 0.05) is 35.6 Å². The molecule has 34 heavy (non-hydrogen) atoms. The molecule has 0 bridgehead atoms. The number of rotatable bonds is 7. The molecule has 10 heteroatoms. The fourth-order valence-electron chi connectivity index (χ4n) is 3.57. The number of hydrogen-bond acceptors (Lipinski definition) is 7. The third kappa shape index (κ3) is 5.37. The quantitative estimate of drug-likeness (QED) is 0.219. The van der Waals surface area contributed by atoms with Gasteiger partial charge < -0.3 is 15.2 Å². The monoisotopic (exact) mass is 502 g/mol. The van der Waals surface area contributed by atoms with Gasteiger partial charge in [0.1, 0.15) is 5.69 Å². The Morgan fingerprint density at radius 2 is 1.59 bits per heavy atom. The van der Waals surface area contributed by atoms with Crippen LogP contribution in [-0.4, -0.2) is 46.5 Å². The molecule has 0 saturated carbocycles. The van der Waals surface area contributed by atoms with Gasteiger partial charge in [-0.3, -0.25) is 15.0 Å². The molecule has 0 aliphatic rings. The Balaban J connectivity index is 0.00000204. The lowest BCUT2D eigenvalue weighted by Gasteiger charge is -2.15. The van der Waals surface area contributed by atoms with Crippen LogP contribution in [0.25, 0.3) is 33.3 Å². The Hall–Kier alpha value is -3.43. The number of ether oxygens (including phenoxy) is 1. The molecule has 2 heterocycles. The zero-order valence-electron chi connectivity index (χ0n) is 18.2. The van der Waals surface area contributed by atoms with Crippen molar-refractivity contribution in [3.05, 3.63) is 72.6 Å². The Morgan fingerprint density at radius 3 is 2.18 bits per heavy atom. The maximum Gasteiger partial charge on any atom is 0.279 e. The number of carbonyl (C=O) groups is 1. The summed E-state index contributed by atoms with van der Waals surface area (Å²) in [6.45, 7) is 0.578. The second-order valence-electron chi connectivity index (χ2n) is 7.01. The van der Waals surface area contributed by atoms with Gasteiger partial charge in [-0.25, -0.2) is 10.5 Å². The van der Waals surface area contributed by atoms with Gasteiger partial charge >= 0.3 is 0 Å². The van der Waals surface area contributed by atoms with E-state index >= 15 is 0 Å². The molecule has 4 N–H and O–H groups in total. The highest BCUT2D eigenvalue weighted by atomic mass is 35.5. The molecule has 0 aliphatic carbocycles. The number of nitrogens with zero attached hydrogens (tertiary/aromatic N) is 2. The number of aromatic nitrogens is 2. The fraction of sp³-hybridized carbons (Fsp3) is 0.125. The summed E-state index contributed by atoms with van der Waals surface area (Å²) in [7, 11) is 1.46. The summed E-state index contributed by atoms with van der Waals surface area (Å²) in [4.78, 5) is 21.2. The summed E-state index contributed by atoms with van der Waals surface area (Å²) in [5.41, 5.74) is 6.64. The van der Waals surface area contributed by atoms with Crippen LogP contribution >= 0.6 is 24.8 Å². The second-order valence-corrected chi connectivity index (χ2v) is 7.01. The number of halogens is 2. The zero-order valence-corrected chi connectivity index (χ0v) is 19.8. The number of fused-ring (bicyclic) bond motifs is 1. The number of hydroxylamine groups is 1. The van der Waals surface area contributed by atoms with E-state index in [4.69, 9.17) is 9.84 Å². The number of hydrogen-bond donors (Lipinski definition) is 4. The first-order valence-electron chi connectivity index (χ1n) is 9.98. The molecule has 1 amide bonds. The van der Waals surface area contributed by atoms with E-state index in [9.17, 15) is 10.0 Å². The lowest BCUT2D eigenvalue weighted by molar-refractivity contribution is 0.0705. The van der Waals surface area contributed by atoms with E-state index in [1.54, 1.807) is 17.7 Å². The van der Waals surface area contributed by atoms with E-state index in [1.165, 1.54) is 13.3 Å². The molecule has 0 unspecified atom stereocenters. The first kappa shape index (κ1) is 26.8. The number of pyridine rings is 2. The number of anilines is 1. The highest BCUT2D eigenvalue weighted by molar-refractivity contribution is 6.09. The summed E-state index contributed by atoms with van der Waals surface area (Å²) in [6, 6.07) is 17.4. The van der Waals surface area contributed by atoms with Crippen LogP contribution < -0.4 is 15.5 Å². The van der Waals surface area contributed by atoms with Gasteiger partial charge in [0.05, 0.1) is 24.8 Å². The first-order chi connectivity index (χ1) is 15.7. The Labute approximate surface area is 208 Å². The third-order valence-corrected chi connectivity index (χ3v) is 5.09. The largest absolute Gasteiger partial charge is 0.494 e. The molecular weight excluding hydrogens is 479 g/mol. The highest BCUT2D eigenvalue weighted by Gasteiger charge is 2.22. The predicted octanol–water partition coefficient (Wildman–Crippen LogP) is 4.34. The standard InChI is InChI=1S/C24H22N4O4.2ClH/c1-32-23-21(24(30)28-31)19-14-25-11-10-20(19)27-22(23)17-4-2-15(3-5-17)16-6-8-18(9-7-16)26-12-13-29;;/h2-11,14,26,29,31H,12-13H2,1H3,(H,28,30);2*1H. The first-order valence-corrected chi connectivity index (χ1v) is 9.98. The maximum absolute atomic E-state index is 12.4. The highest BCUT2D eigenvalue weighted by Crippen LogP contribution is 2.36. The molecule has 4 aromatic rings. The average molecular weight is 503 g/mol. The lowest BCUT2D eigenvalue weighted by atomic mass is 9.99. The molecule has 4 rings (SSSR count). The van der Waals surface area contributed by atoms with E-state index in [0.717, 1.165) is 22.4 Å². The molecule has 0 spiro atoms. The van der Waals surface area contributed by atoms with Gasteiger partial charge in [-0.15, -0.1) is 24.8 Å². The van der Waals surface area contributed by atoms with E-state index in [1.807, 2.05) is 48.5 Å². The van der Waals surface area contributed by atoms with Gasteiger partial charge in [-0.1, -0.05) is 36.4 Å². The number of amides is 1. The van der Waals surface area contributed by atoms with Crippen molar-refractivity contribution in [2.24, 2.45) is 0 Å². The smallest absolute Gasteiger partial charge is 0.279 e. The number of aliphatic hydroxyl groups excluding tert-OH is 1. The normalized spacial score (nSPS) is 10.1. The van der Waals surface area contributed by atoms with Crippen LogP contribution in [-0.2, 0) is 0 Å². The van der Waals surface area contributed by atoms with E-state index in [2.05, 4.69) is 15.3 Å². The SMILES string of the molecule is COc1c(-c2ccc(-c3ccc(NCCO)cc3)cc2)nc2ccncc2c1C(=O)NO.Cl.Cl. The van der Waals surface area contributed by atoms with Gasteiger partial charge in [0.15, 0.2) is 5.75 Å². The van der Waals surface area contributed by atoms with Crippen LogP contribution in [0.15, 0.2) is 67.0 Å². The van der Waals surface area contributed by atoms with Crippen molar-refractivity contribution < 1.29 is 19.8 Å². The van der Waals surface area contributed by atoms with E-state index in [-0.39, 0.29) is 42.7 Å². The molecule has 178 valence electrons. The number of benzene rings is 2. The lowest BCUT2D eigenvalue weighted by Crippen LogP contribution is -2.20. The van der Waals surface area contributed by atoms with Crippen LogP contribution in [0.4, 0.5) is 5.69 Å². The van der Waals surface area contributed by atoms with Crippen molar-refractivity contribution in [1.82, 2.24) is 15.4 Å². The summed E-state index contributed by atoms with van der Waals surface area (Å²) >= 11 is 0. The molecule has 8 nitrogen and oxygen atoms in total. The Morgan fingerprint density at radius 1 is 0.971 bits per heavy atom. The molecule has 0 radical (unpaired) electrons. The predicted molar refractivity (Wildman–Crippen MR) is 136 cm³/mol. The van der Waals surface area contributed by atoms with Crippen LogP contribution in [0.5, 0.6) is 5.75 Å². The fourth-order valence-corrected chi connectivity index (χ4v) is 3.57. The zero-order chi connectivity index (χ0) is 22.5. The minimum atomic E-state index is -0.699. The summed E-state index contributed by atoms with van der Waals surface area (Å²) in [6.07, 6.45) is 3.11. The molecule has 0 atom stereocenters. The van der Waals surface area contributed by atoms with Crippen molar-refractivity contribution in [1.29, 1.82) is 0 Å².